The van der Waals surface area contributed by atoms with Crippen LogP contribution < -0.4 is 0 Å². The van der Waals surface area contributed by atoms with Crippen LogP contribution >= 0.6 is 23.2 Å². The van der Waals surface area contributed by atoms with Gasteiger partial charge in [-0.3, -0.25) is 4.90 Å². The van der Waals surface area contributed by atoms with E-state index in [2.05, 4.69) is 34.1 Å². The van der Waals surface area contributed by atoms with E-state index in [9.17, 15) is 0 Å². The maximum absolute atomic E-state index is 5.94. The van der Waals surface area contributed by atoms with Crippen molar-refractivity contribution in [2.45, 2.75) is 13.0 Å². The Balaban J connectivity index is 1.41. The number of benzene rings is 2. The van der Waals surface area contributed by atoms with Gasteiger partial charge in [0.25, 0.3) is 0 Å². The van der Waals surface area contributed by atoms with Crippen LogP contribution in [0.1, 0.15) is 11.1 Å². The maximum Gasteiger partial charge on any atom is 0.0406 e. The molecule has 0 saturated carbocycles. The van der Waals surface area contributed by atoms with Crippen LogP contribution in [0.15, 0.2) is 48.5 Å². The Kier molecular flexibility index (Phi) is 5.96. The molecule has 3 rings (SSSR count). The fourth-order valence-electron chi connectivity index (χ4n) is 2.96. The minimum absolute atomic E-state index is 0.806. The summed E-state index contributed by atoms with van der Waals surface area (Å²) in [4.78, 5) is 5.06. The molecule has 1 aliphatic heterocycles. The van der Waals surface area contributed by atoms with Crippen molar-refractivity contribution >= 4 is 23.2 Å². The van der Waals surface area contributed by atoms with Gasteiger partial charge in [0.15, 0.2) is 0 Å². The quantitative estimate of drug-likeness (QED) is 0.792. The molecule has 1 fully saturated rings. The Bertz CT molecular complexity index is 602. The van der Waals surface area contributed by atoms with Crippen molar-refractivity contribution < 1.29 is 0 Å². The monoisotopic (exact) mass is 348 g/mol. The Morgan fingerprint density at radius 3 is 1.70 bits per heavy atom. The average molecular weight is 349 g/mol. The topological polar surface area (TPSA) is 6.48 Å². The lowest BCUT2D eigenvalue weighted by Crippen LogP contribution is -2.46. The van der Waals surface area contributed by atoms with Gasteiger partial charge in [0.1, 0.15) is 0 Å². The largest absolute Gasteiger partial charge is 0.300 e. The summed E-state index contributed by atoms with van der Waals surface area (Å²) in [5.41, 5.74) is 2.70. The van der Waals surface area contributed by atoms with E-state index in [0.29, 0.717) is 0 Å². The maximum atomic E-state index is 5.94. The summed E-state index contributed by atoms with van der Waals surface area (Å²) >= 11 is 11.9. The molecule has 23 heavy (non-hydrogen) atoms. The summed E-state index contributed by atoms with van der Waals surface area (Å²) in [5, 5.41) is 1.62. The zero-order valence-electron chi connectivity index (χ0n) is 13.2. The predicted molar refractivity (Wildman–Crippen MR) is 98.3 cm³/mol. The lowest BCUT2D eigenvalue weighted by molar-refractivity contribution is 0.128. The molecule has 4 heteroatoms. The van der Waals surface area contributed by atoms with E-state index in [0.717, 1.165) is 55.7 Å². The van der Waals surface area contributed by atoms with Crippen molar-refractivity contribution in [3.8, 4) is 0 Å². The standard InChI is InChI=1S/C19H22Cl2N2/c20-18-5-1-16(2-6-18)9-10-22-11-13-23(14-12-22)15-17-3-7-19(21)8-4-17/h1-8H,9-15H2. The Morgan fingerprint density at radius 2 is 1.13 bits per heavy atom. The van der Waals surface area contributed by atoms with Crippen LogP contribution in [0.25, 0.3) is 0 Å². The first-order valence-corrected chi connectivity index (χ1v) is 8.88. The third kappa shape index (κ3) is 5.22. The molecule has 2 nitrogen and oxygen atoms in total. The van der Waals surface area contributed by atoms with E-state index in [1.807, 2.05) is 24.3 Å². The highest BCUT2D eigenvalue weighted by Crippen LogP contribution is 2.14. The van der Waals surface area contributed by atoms with Crippen molar-refractivity contribution in [2.75, 3.05) is 32.7 Å². The van der Waals surface area contributed by atoms with E-state index in [4.69, 9.17) is 23.2 Å². The van der Waals surface area contributed by atoms with Gasteiger partial charge >= 0.3 is 0 Å². The second-order valence-corrected chi connectivity index (χ2v) is 6.99. The van der Waals surface area contributed by atoms with Crippen molar-refractivity contribution in [1.29, 1.82) is 0 Å². The first kappa shape index (κ1) is 16.8. The van der Waals surface area contributed by atoms with Crippen LogP contribution in [-0.4, -0.2) is 42.5 Å². The molecule has 0 spiro atoms. The second-order valence-electron chi connectivity index (χ2n) is 6.12. The third-order valence-electron chi connectivity index (χ3n) is 4.41. The Morgan fingerprint density at radius 1 is 0.652 bits per heavy atom. The van der Waals surface area contributed by atoms with Crippen LogP contribution in [0.4, 0.5) is 0 Å². The molecule has 0 aromatic heterocycles. The number of halogens is 2. The van der Waals surface area contributed by atoms with Gasteiger partial charge in [-0.2, -0.15) is 0 Å². The molecule has 122 valence electrons. The van der Waals surface area contributed by atoms with Gasteiger partial charge in [0, 0.05) is 49.3 Å². The van der Waals surface area contributed by atoms with Gasteiger partial charge < -0.3 is 4.90 Å². The highest BCUT2D eigenvalue weighted by molar-refractivity contribution is 6.30. The van der Waals surface area contributed by atoms with Crippen LogP contribution in [0.5, 0.6) is 0 Å². The normalized spacial score (nSPS) is 16.6. The average Bonchev–Trinajstić information content (AvgIpc) is 2.58. The van der Waals surface area contributed by atoms with Gasteiger partial charge in [-0.25, -0.2) is 0 Å². The fourth-order valence-corrected chi connectivity index (χ4v) is 3.21. The van der Waals surface area contributed by atoms with Gasteiger partial charge in [-0.15, -0.1) is 0 Å². The van der Waals surface area contributed by atoms with E-state index in [-0.39, 0.29) is 0 Å². The van der Waals surface area contributed by atoms with Crippen LogP contribution in [0.3, 0.4) is 0 Å². The number of nitrogens with zero attached hydrogens (tertiary/aromatic N) is 2. The molecule has 1 saturated heterocycles. The van der Waals surface area contributed by atoms with E-state index in [1.165, 1.54) is 11.1 Å². The van der Waals surface area contributed by atoms with Crippen molar-refractivity contribution in [2.24, 2.45) is 0 Å². The Hall–Kier alpha value is -1.06. The SMILES string of the molecule is Clc1ccc(CCN2CCN(Cc3ccc(Cl)cc3)CC2)cc1. The molecule has 0 unspecified atom stereocenters. The lowest BCUT2D eigenvalue weighted by atomic mass is 10.1. The molecule has 1 heterocycles. The van der Waals surface area contributed by atoms with Gasteiger partial charge in [-0.1, -0.05) is 47.5 Å². The molecule has 0 N–H and O–H groups in total. The molecule has 0 aliphatic carbocycles. The highest BCUT2D eigenvalue weighted by atomic mass is 35.5. The molecule has 0 radical (unpaired) electrons. The van der Waals surface area contributed by atoms with E-state index >= 15 is 0 Å². The summed E-state index contributed by atoms with van der Waals surface area (Å²) in [7, 11) is 0. The second kappa shape index (κ2) is 8.16. The summed E-state index contributed by atoms with van der Waals surface area (Å²) in [5.74, 6) is 0. The number of piperazine rings is 1. The summed E-state index contributed by atoms with van der Waals surface area (Å²) < 4.78 is 0. The van der Waals surface area contributed by atoms with E-state index in [1.54, 1.807) is 0 Å². The first-order valence-electron chi connectivity index (χ1n) is 8.13. The van der Waals surface area contributed by atoms with Crippen molar-refractivity contribution in [3.05, 3.63) is 69.7 Å². The number of rotatable bonds is 5. The smallest absolute Gasteiger partial charge is 0.0406 e. The lowest BCUT2D eigenvalue weighted by Gasteiger charge is -2.34. The number of hydrogen-bond donors (Lipinski definition) is 0. The molecule has 0 atom stereocenters. The molecular formula is C19H22Cl2N2. The first-order chi connectivity index (χ1) is 11.2. The van der Waals surface area contributed by atoms with Gasteiger partial charge in [-0.05, 0) is 41.8 Å². The molecule has 0 bridgehead atoms. The fraction of sp³-hybridized carbons (Fsp3) is 0.368. The van der Waals surface area contributed by atoms with Crippen LogP contribution in [0.2, 0.25) is 10.0 Å². The van der Waals surface area contributed by atoms with Gasteiger partial charge in [0.2, 0.25) is 0 Å². The number of hydrogen-bond acceptors (Lipinski definition) is 2. The summed E-state index contributed by atoms with van der Waals surface area (Å²) in [6.07, 6.45) is 1.09. The molecule has 2 aromatic carbocycles. The molecular weight excluding hydrogens is 327 g/mol. The highest BCUT2D eigenvalue weighted by Gasteiger charge is 2.16. The minimum atomic E-state index is 0.806. The minimum Gasteiger partial charge on any atom is -0.300 e. The zero-order chi connectivity index (χ0) is 16.1. The molecule has 0 amide bonds. The van der Waals surface area contributed by atoms with E-state index < -0.39 is 0 Å². The Labute approximate surface area is 148 Å². The predicted octanol–water partition coefficient (Wildman–Crippen LogP) is 4.35. The van der Waals surface area contributed by atoms with Crippen LogP contribution in [0, 0.1) is 0 Å². The molecule has 1 aliphatic rings. The van der Waals surface area contributed by atoms with Crippen molar-refractivity contribution in [1.82, 2.24) is 9.80 Å². The third-order valence-corrected chi connectivity index (χ3v) is 4.92. The zero-order valence-corrected chi connectivity index (χ0v) is 14.7. The van der Waals surface area contributed by atoms with Gasteiger partial charge in [0.05, 0.1) is 0 Å². The van der Waals surface area contributed by atoms with Crippen molar-refractivity contribution in [3.63, 3.8) is 0 Å². The van der Waals surface area contributed by atoms with Crippen LogP contribution in [-0.2, 0) is 13.0 Å². The molecule has 2 aromatic rings. The summed E-state index contributed by atoms with van der Waals surface area (Å²) in [6, 6.07) is 16.4. The summed E-state index contributed by atoms with van der Waals surface area (Å²) in [6.45, 7) is 6.67.